The smallest absolute Gasteiger partial charge is 0.0637 e. The number of thiophene rings is 1. The Balaban J connectivity index is 1.62. The Hall–Kier alpha value is -0.610. The van der Waals surface area contributed by atoms with Crippen molar-refractivity contribution in [3.63, 3.8) is 0 Å². The predicted molar refractivity (Wildman–Crippen MR) is 86.6 cm³/mol. The van der Waals surface area contributed by atoms with E-state index in [2.05, 4.69) is 34.5 Å². The van der Waals surface area contributed by atoms with Crippen LogP contribution in [0.4, 0.5) is 0 Å². The van der Waals surface area contributed by atoms with E-state index in [0.29, 0.717) is 6.04 Å². The zero-order chi connectivity index (χ0) is 13.5. The standard InChI is InChI=1S/C16H19ClN2S/c17-16-12-5-1-2-6-14(12)20-15(16)10-19-7-3-4-11-8-18-9-13(11)19/h1-2,5-6,11,13,18H,3-4,7-10H2. The van der Waals surface area contributed by atoms with Crippen LogP contribution in [0, 0.1) is 5.92 Å². The molecular formula is C16H19ClN2S. The van der Waals surface area contributed by atoms with E-state index in [1.165, 1.54) is 40.9 Å². The van der Waals surface area contributed by atoms with E-state index < -0.39 is 0 Å². The van der Waals surface area contributed by atoms with Crippen molar-refractivity contribution in [2.24, 2.45) is 5.92 Å². The number of halogens is 1. The lowest BCUT2D eigenvalue weighted by molar-refractivity contribution is 0.119. The molecule has 2 atom stereocenters. The second-order valence-corrected chi connectivity index (χ2v) is 7.45. The Morgan fingerprint density at radius 1 is 1.30 bits per heavy atom. The lowest BCUT2D eigenvalue weighted by Crippen LogP contribution is -2.44. The first-order valence-corrected chi connectivity index (χ1v) is 8.63. The highest BCUT2D eigenvalue weighted by atomic mass is 35.5. The number of fused-ring (bicyclic) bond motifs is 2. The largest absolute Gasteiger partial charge is 0.315 e. The van der Waals surface area contributed by atoms with Crippen molar-refractivity contribution in [3.8, 4) is 0 Å². The minimum absolute atomic E-state index is 0.713. The summed E-state index contributed by atoms with van der Waals surface area (Å²) in [4.78, 5) is 3.98. The summed E-state index contributed by atoms with van der Waals surface area (Å²) in [6.07, 6.45) is 2.71. The van der Waals surface area contributed by atoms with Crippen molar-refractivity contribution in [2.75, 3.05) is 19.6 Å². The number of hydrogen-bond acceptors (Lipinski definition) is 3. The molecule has 0 spiro atoms. The summed E-state index contributed by atoms with van der Waals surface area (Å²) in [5.74, 6) is 0.844. The van der Waals surface area contributed by atoms with Gasteiger partial charge in [0.2, 0.25) is 0 Å². The molecule has 20 heavy (non-hydrogen) atoms. The van der Waals surface area contributed by atoms with Crippen molar-refractivity contribution >= 4 is 33.0 Å². The van der Waals surface area contributed by atoms with Gasteiger partial charge < -0.3 is 5.32 Å². The first kappa shape index (κ1) is 13.1. The first-order chi connectivity index (χ1) is 9.83. The summed E-state index contributed by atoms with van der Waals surface area (Å²) in [5, 5.41) is 5.74. The quantitative estimate of drug-likeness (QED) is 0.909. The molecule has 2 saturated heterocycles. The summed E-state index contributed by atoms with van der Waals surface area (Å²) in [6, 6.07) is 9.18. The van der Waals surface area contributed by atoms with Crippen LogP contribution < -0.4 is 5.32 Å². The van der Waals surface area contributed by atoms with E-state index in [1.54, 1.807) is 0 Å². The van der Waals surface area contributed by atoms with Crippen molar-refractivity contribution in [1.29, 1.82) is 0 Å². The Morgan fingerprint density at radius 2 is 2.20 bits per heavy atom. The summed E-state index contributed by atoms with van der Waals surface area (Å²) >= 11 is 8.45. The summed E-state index contributed by atoms with van der Waals surface area (Å²) in [6.45, 7) is 4.57. The fourth-order valence-corrected chi connectivity index (χ4v) is 5.23. The molecule has 1 aromatic heterocycles. The SMILES string of the molecule is Clc1c(CN2CCCC3CNCC32)sc2ccccc12. The average molecular weight is 307 g/mol. The van der Waals surface area contributed by atoms with Gasteiger partial charge in [0.05, 0.1) is 5.02 Å². The van der Waals surface area contributed by atoms with Gasteiger partial charge in [-0.15, -0.1) is 11.3 Å². The molecule has 1 aromatic carbocycles. The van der Waals surface area contributed by atoms with E-state index in [1.807, 2.05) is 11.3 Å². The summed E-state index contributed by atoms with van der Waals surface area (Å²) in [5.41, 5.74) is 0. The van der Waals surface area contributed by atoms with Crippen molar-refractivity contribution in [1.82, 2.24) is 10.2 Å². The molecule has 2 fully saturated rings. The number of nitrogens with one attached hydrogen (secondary N) is 1. The Bertz CT molecular complexity index is 624. The maximum Gasteiger partial charge on any atom is 0.0637 e. The van der Waals surface area contributed by atoms with Crippen LogP contribution in [0.15, 0.2) is 24.3 Å². The van der Waals surface area contributed by atoms with Crippen LogP contribution in [0.1, 0.15) is 17.7 Å². The number of benzene rings is 1. The monoisotopic (exact) mass is 306 g/mol. The third-order valence-electron chi connectivity index (χ3n) is 4.74. The summed E-state index contributed by atoms with van der Waals surface area (Å²) in [7, 11) is 0. The third kappa shape index (κ3) is 2.17. The van der Waals surface area contributed by atoms with Gasteiger partial charge in [-0.2, -0.15) is 0 Å². The van der Waals surface area contributed by atoms with Crippen molar-refractivity contribution < 1.29 is 0 Å². The number of likely N-dealkylation sites (tertiary alicyclic amines) is 1. The van der Waals surface area contributed by atoms with Crippen LogP contribution in [0.2, 0.25) is 5.02 Å². The van der Waals surface area contributed by atoms with E-state index >= 15 is 0 Å². The molecule has 1 N–H and O–H groups in total. The van der Waals surface area contributed by atoms with Crippen LogP contribution in [0.5, 0.6) is 0 Å². The molecule has 106 valence electrons. The zero-order valence-corrected chi connectivity index (χ0v) is 13.0. The molecule has 0 aliphatic carbocycles. The van der Waals surface area contributed by atoms with Crippen LogP contribution in [-0.4, -0.2) is 30.6 Å². The molecule has 2 nitrogen and oxygen atoms in total. The van der Waals surface area contributed by atoms with Gasteiger partial charge in [0.15, 0.2) is 0 Å². The van der Waals surface area contributed by atoms with Gasteiger partial charge in [0.25, 0.3) is 0 Å². The third-order valence-corrected chi connectivity index (χ3v) is 6.44. The van der Waals surface area contributed by atoms with E-state index in [9.17, 15) is 0 Å². The molecular weight excluding hydrogens is 288 g/mol. The van der Waals surface area contributed by atoms with E-state index in [-0.39, 0.29) is 0 Å². The fourth-order valence-electron chi connectivity index (χ4n) is 3.71. The number of piperidine rings is 1. The Kier molecular flexibility index (Phi) is 3.47. The molecule has 2 aromatic rings. The molecule has 0 amide bonds. The van der Waals surface area contributed by atoms with Gasteiger partial charge in [-0.25, -0.2) is 0 Å². The topological polar surface area (TPSA) is 15.3 Å². The second kappa shape index (κ2) is 5.30. The number of nitrogens with zero attached hydrogens (tertiary/aromatic N) is 1. The molecule has 0 bridgehead atoms. The molecule has 2 unspecified atom stereocenters. The Labute approximate surface area is 128 Å². The summed E-state index contributed by atoms with van der Waals surface area (Å²) < 4.78 is 1.31. The lowest BCUT2D eigenvalue weighted by Gasteiger charge is -2.36. The maximum absolute atomic E-state index is 6.59. The van der Waals surface area contributed by atoms with Gasteiger partial charge in [-0.05, 0) is 37.9 Å². The second-order valence-electron chi connectivity index (χ2n) is 5.93. The molecule has 0 radical (unpaired) electrons. The Morgan fingerprint density at radius 3 is 3.10 bits per heavy atom. The average Bonchev–Trinajstić information content (AvgIpc) is 3.06. The van der Waals surface area contributed by atoms with Gasteiger partial charge in [0.1, 0.15) is 0 Å². The molecule has 2 aliphatic heterocycles. The van der Waals surface area contributed by atoms with E-state index in [0.717, 1.165) is 24.0 Å². The highest BCUT2D eigenvalue weighted by Crippen LogP contribution is 2.37. The molecule has 2 aliphatic rings. The van der Waals surface area contributed by atoms with Crippen LogP contribution in [0.3, 0.4) is 0 Å². The molecule has 0 saturated carbocycles. The zero-order valence-electron chi connectivity index (χ0n) is 11.4. The van der Waals surface area contributed by atoms with Gasteiger partial charge in [0, 0.05) is 34.1 Å². The van der Waals surface area contributed by atoms with Crippen molar-refractivity contribution in [3.05, 3.63) is 34.2 Å². The van der Waals surface area contributed by atoms with Gasteiger partial charge in [-0.1, -0.05) is 29.8 Å². The first-order valence-electron chi connectivity index (χ1n) is 7.43. The fraction of sp³-hybridized carbons (Fsp3) is 0.500. The van der Waals surface area contributed by atoms with E-state index in [4.69, 9.17) is 11.6 Å². The van der Waals surface area contributed by atoms with Crippen LogP contribution in [-0.2, 0) is 6.54 Å². The normalized spacial score (nSPS) is 27.1. The van der Waals surface area contributed by atoms with Crippen molar-refractivity contribution in [2.45, 2.75) is 25.4 Å². The van der Waals surface area contributed by atoms with Gasteiger partial charge in [-0.3, -0.25) is 4.90 Å². The lowest BCUT2D eigenvalue weighted by atomic mass is 9.92. The highest BCUT2D eigenvalue weighted by Gasteiger charge is 2.35. The van der Waals surface area contributed by atoms with Crippen LogP contribution >= 0.6 is 22.9 Å². The van der Waals surface area contributed by atoms with Crippen LogP contribution in [0.25, 0.3) is 10.1 Å². The number of hydrogen-bond donors (Lipinski definition) is 1. The molecule has 4 heteroatoms. The predicted octanol–water partition coefficient (Wildman–Crippen LogP) is 3.74. The highest BCUT2D eigenvalue weighted by molar-refractivity contribution is 7.19. The minimum Gasteiger partial charge on any atom is -0.315 e. The molecule has 3 heterocycles. The maximum atomic E-state index is 6.59. The number of rotatable bonds is 2. The molecule has 4 rings (SSSR count). The van der Waals surface area contributed by atoms with Gasteiger partial charge >= 0.3 is 0 Å². The minimum atomic E-state index is 0.713.